The predicted octanol–water partition coefficient (Wildman–Crippen LogP) is 2.60. The molecule has 126 valence electrons. The van der Waals surface area contributed by atoms with Crippen molar-refractivity contribution in [1.29, 1.82) is 0 Å². The number of carbonyl (C=O) groups is 3. The molecule has 0 spiro atoms. The van der Waals surface area contributed by atoms with Crippen molar-refractivity contribution in [2.24, 2.45) is 0 Å². The number of ether oxygens (including phenoxy) is 1. The zero-order valence-corrected chi connectivity index (χ0v) is 14.1. The van der Waals surface area contributed by atoms with E-state index in [1.807, 2.05) is 30.3 Å². The van der Waals surface area contributed by atoms with Gasteiger partial charge in [-0.25, -0.2) is 9.78 Å². The Morgan fingerprint density at radius 1 is 1.25 bits per heavy atom. The Kier molecular flexibility index (Phi) is 6.02. The van der Waals surface area contributed by atoms with Crippen molar-refractivity contribution in [2.75, 3.05) is 5.32 Å². The van der Waals surface area contributed by atoms with Gasteiger partial charge in [-0.3, -0.25) is 9.59 Å². The van der Waals surface area contributed by atoms with Gasteiger partial charge in [-0.15, -0.1) is 11.3 Å². The summed E-state index contributed by atoms with van der Waals surface area (Å²) in [7, 11) is 0. The molecule has 0 aliphatic carbocycles. The second-order valence-corrected chi connectivity index (χ2v) is 5.87. The number of anilines is 1. The van der Waals surface area contributed by atoms with Crippen LogP contribution in [0, 0.1) is 0 Å². The lowest BCUT2D eigenvalue weighted by Crippen LogP contribution is -2.41. The summed E-state index contributed by atoms with van der Waals surface area (Å²) in [6, 6.07) is 8.41. The van der Waals surface area contributed by atoms with Crippen LogP contribution in [0.2, 0.25) is 0 Å². The zero-order chi connectivity index (χ0) is 17.5. The van der Waals surface area contributed by atoms with E-state index in [1.54, 1.807) is 5.38 Å². The Labute approximate surface area is 143 Å². The maximum Gasteiger partial charge on any atom is 0.408 e. The van der Waals surface area contributed by atoms with Crippen molar-refractivity contribution in [3.05, 3.63) is 47.0 Å². The second kappa shape index (κ2) is 8.21. The monoisotopic (exact) mass is 347 g/mol. The number of amides is 2. The summed E-state index contributed by atoms with van der Waals surface area (Å²) in [6.07, 6.45) is -0.690. The number of ketones is 1. The molecule has 0 bridgehead atoms. The Balaban J connectivity index is 1.79. The number of thiazole rings is 1. The van der Waals surface area contributed by atoms with Gasteiger partial charge in [0.25, 0.3) is 0 Å². The average Bonchev–Trinajstić information content (AvgIpc) is 3.02. The van der Waals surface area contributed by atoms with Gasteiger partial charge in [0, 0.05) is 12.3 Å². The molecule has 0 saturated carbocycles. The van der Waals surface area contributed by atoms with Gasteiger partial charge in [0.2, 0.25) is 5.91 Å². The van der Waals surface area contributed by atoms with Crippen molar-refractivity contribution in [2.45, 2.75) is 26.5 Å². The number of nitrogens with one attached hydrogen (secondary N) is 2. The second-order valence-electron chi connectivity index (χ2n) is 5.01. The molecular weight excluding hydrogens is 330 g/mol. The molecule has 24 heavy (non-hydrogen) atoms. The summed E-state index contributed by atoms with van der Waals surface area (Å²) in [4.78, 5) is 38.9. The summed E-state index contributed by atoms with van der Waals surface area (Å²) >= 11 is 1.14. The van der Waals surface area contributed by atoms with Crippen LogP contribution in [-0.2, 0) is 16.1 Å². The third-order valence-electron chi connectivity index (χ3n) is 3.04. The molecule has 7 nitrogen and oxygen atoms in total. The summed E-state index contributed by atoms with van der Waals surface area (Å²) in [6.45, 7) is 3.04. The molecular formula is C16H17N3O4S. The van der Waals surface area contributed by atoms with Crippen LogP contribution >= 0.6 is 11.3 Å². The van der Waals surface area contributed by atoms with E-state index in [0.717, 1.165) is 16.9 Å². The van der Waals surface area contributed by atoms with Gasteiger partial charge < -0.3 is 15.4 Å². The van der Waals surface area contributed by atoms with E-state index in [1.165, 1.54) is 13.8 Å². The quantitative estimate of drug-likeness (QED) is 0.783. The molecule has 0 aliphatic heterocycles. The van der Waals surface area contributed by atoms with Crippen molar-refractivity contribution < 1.29 is 19.1 Å². The summed E-state index contributed by atoms with van der Waals surface area (Å²) in [5.41, 5.74) is 1.14. The van der Waals surface area contributed by atoms with E-state index in [0.29, 0.717) is 5.13 Å². The minimum absolute atomic E-state index is 0.121. The van der Waals surface area contributed by atoms with Crippen LogP contribution in [-0.4, -0.2) is 28.8 Å². The lowest BCUT2D eigenvalue weighted by atomic mass is 10.2. The van der Waals surface area contributed by atoms with Gasteiger partial charge in [-0.1, -0.05) is 30.3 Å². The highest BCUT2D eigenvalue weighted by Gasteiger charge is 2.18. The van der Waals surface area contributed by atoms with Crippen LogP contribution in [0.1, 0.15) is 29.9 Å². The predicted molar refractivity (Wildman–Crippen MR) is 90.0 cm³/mol. The number of rotatable bonds is 6. The number of hydrogen-bond donors (Lipinski definition) is 2. The van der Waals surface area contributed by atoms with Gasteiger partial charge in [-0.2, -0.15) is 0 Å². The van der Waals surface area contributed by atoms with E-state index in [-0.39, 0.29) is 18.1 Å². The molecule has 8 heteroatoms. The van der Waals surface area contributed by atoms with E-state index in [9.17, 15) is 14.4 Å². The molecule has 2 aromatic rings. The fourth-order valence-corrected chi connectivity index (χ4v) is 2.47. The molecule has 1 atom stereocenters. The van der Waals surface area contributed by atoms with Crippen LogP contribution in [0.4, 0.5) is 9.93 Å². The SMILES string of the molecule is CC(=O)c1csc(NC(=O)[C@@H](C)NC(=O)OCc2ccccc2)n1. The Hall–Kier alpha value is -2.74. The van der Waals surface area contributed by atoms with Crippen LogP contribution < -0.4 is 10.6 Å². The fraction of sp³-hybridized carbons (Fsp3) is 0.250. The molecule has 2 rings (SSSR count). The molecule has 2 amide bonds. The fourth-order valence-electron chi connectivity index (χ4n) is 1.71. The highest BCUT2D eigenvalue weighted by atomic mass is 32.1. The van der Waals surface area contributed by atoms with E-state index < -0.39 is 18.0 Å². The smallest absolute Gasteiger partial charge is 0.408 e. The van der Waals surface area contributed by atoms with Crippen molar-refractivity contribution >= 4 is 34.3 Å². The lowest BCUT2D eigenvalue weighted by Gasteiger charge is -2.13. The van der Waals surface area contributed by atoms with Crippen LogP contribution in [0.3, 0.4) is 0 Å². The highest BCUT2D eigenvalue weighted by molar-refractivity contribution is 7.14. The zero-order valence-electron chi connectivity index (χ0n) is 13.2. The van der Waals surface area contributed by atoms with Crippen LogP contribution in [0.5, 0.6) is 0 Å². The minimum Gasteiger partial charge on any atom is -0.445 e. The molecule has 1 aromatic carbocycles. The number of alkyl carbamates (subject to hydrolysis) is 1. The van der Waals surface area contributed by atoms with Gasteiger partial charge in [-0.05, 0) is 12.5 Å². The summed E-state index contributed by atoms with van der Waals surface area (Å²) in [5, 5.41) is 6.84. The average molecular weight is 347 g/mol. The summed E-state index contributed by atoms with van der Waals surface area (Å²) < 4.78 is 5.05. The molecule has 0 unspecified atom stereocenters. The molecule has 0 aliphatic rings. The van der Waals surface area contributed by atoms with Gasteiger partial charge >= 0.3 is 6.09 Å². The van der Waals surface area contributed by atoms with Gasteiger partial charge in [0.15, 0.2) is 10.9 Å². The molecule has 0 fully saturated rings. The van der Waals surface area contributed by atoms with Crippen molar-refractivity contribution in [3.63, 3.8) is 0 Å². The largest absolute Gasteiger partial charge is 0.445 e. The highest BCUT2D eigenvalue weighted by Crippen LogP contribution is 2.15. The number of aromatic nitrogens is 1. The van der Waals surface area contributed by atoms with Gasteiger partial charge in [0.1, 0.15) is 18.3 Å². The topological polar surface area (TPSA) is 97.4 Å². The normalized spacial score (nSPS) is 11.4. The van der Waals surface area contributed by atoms with E-state index in [2.05, 4.69) is 15.6 Å². The van der Waals surface area contributed by atoms with Crippen molar-refractivity contribution in [1.82, 2.24) is 10.3 Å². The van der Waals surface area contributed by atoms with Crippen molar-refractivity contribution in [3.8, 4) is 0 Å². The maximum absolute atomic E-state index is 12.0. The third-order valence-corrected chi connectivity index (χ3v) is 3.79. The number of Topliss-reactive ketones (excluding diaryl/α,β-unsaturated/α-hetero) is 1. The first kappa shape index (κ1) is 17.6. The molecule has 0 saturated heterocycles. The van der Waals surface area contributed by atoms with Crippen LogP contribution in [0.25, 0.3) is 0 Å². The first-order valence-electron chi connectivity index (χ1n) is 7.20. The standard InChI is InChI=1S/C16H17N3O4S/c1-10(14(21)19-15-18-13(9-24-15)11(2)20)17-16(22)23-8-12-6-4-3-5-7-12/h3-7,9-10H,8H2,1-2H3,(H,17,22)(H,18,19,21)/t10-/m1/s1. The van der Waals surface area contributed by atoms with Gasteiger partial charge in [0.05, 0.1) is 0 Å². The molecule has 1 heterocycles. The lowest BCUT2D eigenvalue weighted by molar-refractivity contribution is -0.117. The Bertz CT molecular complexity index is 730. The Morgan fingerprint density at radius 2 is 1.96 bits per heavy atom. The van der Waals surface area contributed by atoms with E-state index in [4.69, 9.17) is 4.74 Å². The maximum atomic E-state index is 12.0. The number of carbonyl (C=O) groups excluding carboxylic acids is 3. The molecule has 0 radical (unpaired) electrons. The number of nitrogens with zero attached hydrogens (tertiary/aromatic N) is 1. The third kappa shape index (κ3) is 5.17. The first-order chi connectivity index (χ1) is 11.5. The minimum atomic E-state index is -0.807. The molecule has 2 N–H and O–H groups in total. The Morgan fingerprint density at radius 3 is 2.58 bits per heavy atom. The summed E-state index contributed by atoms with van der Waals surface area (Å²) in [5.74, 6) is -0.626. The first-order valence-corrected chi connectivity index (χ1v) is 8.08. The molecule has 1 aromatic heterocycles. The number of benzene rings is 1. The van der Waals surface area contributed by atoms with Crippen LogP contribution in [0.15, 0.2) is 35.7 Å². The number of hydrogen-bond acceptors (Lipinski definition) is 6. The van der Waals surface area contributed by atoms with E-state index >= 15 is 0 Å².